The van der Waals surface area contributed by atoms with E-state index in [1.807, 2.05) is 5.38 Å². The van der Waals surface area contributed by atoms with Crippen molar-refractivity contribution in [3.63, 3.8) is 0 Å². The highest BCUT2D eigenvalue weighted by Crippen LogP contribution is 2.40. The van der Waals surface area contributed by atoms with E-state index in [1.165, 1.54) is 17.7 Å². The van der Waals surface area contributed by atoms with E-state index >= 15 is 0 Å². The SMILES string of the molecule is CC1(C)CCCCC1C(=O)NCc1cc(Br)cs1. The second kappa shape index (κ2) is 5.74. The fourth-order valence-corrected chi connectivity index (χ4v) is 4.11. The van der Waals surface area contributed by atoms with Crippen LogP contribution in [-0.4, -0.2) is 5.91 Å². The molecule has 1 fully saturated rings. The molecule has 1 amide bonds. The van der Waals surface area contributed by atoms with Gasteiger partial charge in [0, 0.05) is 20.6 Å². The van der Waals surface area contributed by atoms with Gasteiger partial charge in [-0.15, -0.1) is 11.3 Å². The number of carbonyl (C=O) groups is 1. The molecule has 0 bridgehead atoms. The number of carbonyl (C=O) groups excluding carboxylic acids is 1. The molecule has 1 atom stereocenters. The maximum atomic E-state index is 12.3. The Hall–Kier alpha value is -0.350. The van der Waals surface area contributed by atoms with Crippen LogP contribution in [0.15, 0.2) is 15.9 Å². The average molecular weight is 330 g/mol. The summed E-state index contributed by atoms with van der Waals surface area (Å²) in [4.78, 5) is 13.5. The minimum Gasteiger partial charge on any atom is -0.351 e. The Morgan fingerprint density at radius 2 is 2.33 bits per heavy atom. The van der Waals surface area contributed by atoms with Crippen LogP contribution in [0.1, 0.15) is 44.4 Å². The van der Waals surface area contributed by atoms with Gasteiger partial charge in [-0.25, -0.2) is 0 Å². The number of nitrogens with one attached hydrogen (secondary N) is 1. The van der Waals surface area contributed by atoms with Crippen molar-refractivity contribution in [3.05, 3.63) is 20.8 Å². The fourth-order valence-electron chi connectivity index (χ4n) is 2.72. The van der Waals surface area contributed by atoms with Crippen molar-refractivity contribution in [1.29, 1.82) is 0 Å². The molecule has 2 nitrogen and oxygen atoms in total. The predicted molar refractivity (Wildman–Crippen MR) is 79.6 cm³/mol. The van der Waals surface area contributed by atoms with Gasteiger partial charge in [0.25, 0.3) is 0 Å². The van der Waals surface area contributed by atoms with Crippen LogP contribution in [0.25, 0.3) is 0 Å². The zero-order valence-electron chi connectivity index (χ0n) is 11.0. The number of hydrogen-bond acceptors (Lipinski definition) is 2. The van der Waals surface area contributed by atoms with Crippen molar-refractivity contribution in [3.8, 4) is 0 Å². The highest BCUT2D eigenvalue weighted by Gasteiger charge is 2.36. The number of halogens is 1. The molecule has 1 aliphatic rings. The smallest absolute Gasteiger partial charge is 0.223 e. The summed E-state index contributed by atoms with van der Waals surface area (Å²) < 4.78 is 1.09. The van der Waals surface area contributed by atoms with Gasteiger partial charge in [0.15, 0.2) is 0 Å². The molecular formula is C14H20BrNOS. The third kappa shape index (κ3) is 3.35. The number of amides is 1. The van der Waals surface area contributed by atoms with Gasteiger partial charge in [-0.2, -0.15) is 0 Å². The Morgan fingerprint density at radius 3 is 2.94 bits per heavy atom. The van der Waals surface area contributed by atoms with E-state index in [1.54, 1.807) is 11.3 Å². The zero-order valence-corrected chi connectivity index (χ0v) is 13.4. The topological polar surface area (TPSA) is 29.1 Å². The van der Waals surface area contributed by atoms with Crippen molar-refractivity contribution in [2.75, 3.05) is 0 Å². The first-order valence-corrected chi connectivity index (χ1v) is 8.17. The molecule has 18 heavy (non-hydrogen) atoms. The van der Waals surface area contributed by atoms with E-state index in [-0.39, 0.29) is 17.2 Å². The Morgan fingerprint density at radius 1 is 1.56 bits per heavy atom. The van der Waals surface area contributed by atoms with Crippen LogP contribution in [0.5, 0.6) is 0 Å². The maximum absolute atomic E-state index is 12.3. The molecule has 1 aromatic heterocycles. The van der Waals surface area contributed by atoms with E-state index in [4.69, 9.17) is 0 Å². The maximum Gasteiger partial charge on any atom is 0.223 e. The second-order valence-corrected chi connectivity index (χ2v) is 7.65. The van der Waals surface area contributed by atoms with Crippen molar-refractivity contribution >= 4 is 33.2 Å². The van der Waals surface area contributed by atoms with E-state index in [0.29, 0.717) is 6.54 Å². The van der Waals surface area contributed by atoms with Gasteiger partial charge < -0.3 is 5.32 Å². The number of rotatable bonds is 3. The molecule has 4 heteroatoms. The van der Waals surface area contributed by atoms with Crippen molar-refractivity contribution in [2.45, 2.75) is 46.1 Å². The minimum absolute atomic E-state index is 0.151. The van der Waals surface area contributed by atoms with Gasteiger partial charge in [0.2, 0.25) is 5.91 Å². The lowest BCUT2D eigenvalue weighted by Crippen LogP contribution is -2.40. The molecule has 0 aliphatic heterocycles. The predicted octanol–water partition coefficient (Wildman–Crippen LogP) is 4.34. The Bertz CT molecular complexity index is 427. The largest absolute Gasteiger partial charge is 0.351 e. The third-order valence-electron chi connectivity index (χ3n) is 3.88. The van der Waals surface area contributed by atoms with Crippen LogP contribution in [0.4, 0.5) is 0 Å². The molecule has 1 aromatic rings. The van der Waals surface area contributed by atoms with Gasteiger partial charge in [-0.1, -0.05) is 26.7 Å². The van der Waals surface area contributed by atoms with Crippen LogP contribution >= 0.6 is 27.3 Å². The van der Waals surface area contributed by atoms with Crippen LogP contribution in [0, 0.1) is 11.3 Å². The number of thiophene rings is 1. The van der Waals surface area contributed by atoms with Crippen molar-refractivity contribution in [1.82, 2.24) is 5.32 Å². The second-order valence-electron chi connectivity index (χ2n) is 5.74. The van der Waals surface area contributed by atoms with Crippen molar-refractivity contribution < 1.29 is 4.79 Å². The molecule has 1 aliphatic carbocycles. The van der Waals surface area contributed by atoms with E-state index < -0.39 is 0 Å². The summed E-state index contributed by atoms with van der Waals surface area (Å²) in [6.45, 7) is 5.10. The summed E-state index contributed by atoms with van der Waals surface area (Å²) in [7, 11) is 0. The van der Waals surface area contributed by atoms with E-state index in [9.17, 15) is 4.79 Å². The lowest BCUT2D eigenvalue weighted by atomic mass is 9.68. The molecule has 0 saturated heterocycles. The van der Waals surface area contributed by atoms with Gasteiger partial charge >= 0.3 is 0 Å². The standard InChI is InChI=1S/C14H20BrNOS/c1-14(2)6-4-3-5-12(14)13(17)16-8-11-7-10(15)9-18-11/h7,9,12H,3-6,8H2,1-2H3,(H,16,17). The van der Waals surface area contributed by atoms with Crippen LogP contribution in [0.3, 0.4) is 0 Å². The van der Waals surface area contributed by atoms with Crippen molar-refractivity contribution in [2.24, 2.45) is 11.3 Å². The third-order valence-corrected chi connectivity index (χ3v) is 5.58. The van der Waals surface area contributed by atoms with Gasteiger partial charge in [0.05, 0.1) is 6.54 Å². The molecule has 0 radical (unpaired) electrons. The van der Waals surface area contributed by atoms with E-state index in [0.717, 1.165) is 17.3 Å². The normalized spacial score (nSPS) is 22.7. The molecule has 2 rings (SSSR count). The quantitative estimate of drug-likeness (QED) is 0.877. The summed E-state index contributed by atoms with van der Waals surface area (Å²) in [6, 6.07) is 2.07. The lowest BCUT2D eigenvalue weighted by Gasteiger charge is -2.37. The monoisotopic (exact) mass is 329 g/mol. The minimum atomic E-state index is 0.151. The fraction of sp³-hybridized carbons (Fsp3) is 0.643. The van der Waals surface area contributed by atoms with Gasteiger partial charge in [-0.3, -0.25) is 4.79 Å². The average Bonchev–Trinajstić information content (AvgIpc) is 2.71. The molecule has 0 spiro atoms. The molecule has 1 unspecified atom stereocenters. The first-order chi connectivity index (χ1) is 8.49. The summed E-state index contributed by atoms with van der Waals surface area (Å²) in [5, 5.41) is 5.14. The summed E-state index contributed by atoms with van der Waals surface area (Å²) in [5.74, 6) is 0.402. The zero-order chi connectivity index (χ0) is 13.2. The molecule has 1 N–H and O–H groups in total. The highest BCUT2D eigenvalue weighted by molar-refractivity contribution is 9.10. The number of hydrogen-bond donors (Lipinski definition) is 1. The first-order valence-electron chi connectivity index (χ1n) is 6.50. The molecule has 1 heterocycles. The molecule has 0 aromatic carbocycles. The van der Waals surface area contributed by atoms with Crippen LogP contribution in [0.2, 0.25) is 0 Å². The van der Waals surface area contributed by atoms with E-state index in [2.05, 4.69) is 41.2 Å². The van der Waals surface area contributed by atoms with Gasteiger partial charge in [-0.05, 0) is 40.3 Å². The Labute approximate surface area is 121 Å². The van der Waals surface area contributed by atoms with Crippen LogP contribution in [-0.2, 0) is 11.3 Å². The molecule has 1 saturated carbocycles. The summed E-state index contributed by atoms with van der Waals surface area (Å²) in [5.41, 5.74) is 0.151. The lowest BCUT2D eigenvalue weighted by molar-refractivity contribution is -0.130. The first kappa shape index (κ1) is 14.1. The summed E-state index contributed by atoms with van der Waals surface area (Å²) >= 11 is 5.11. The molecule has 100 valence electrons. The Balaban J connectivity index is 1.91. The molecular weight excluding hydrogens is 310 g/mol. The van der Waals surface area contributed by atoms with Crippen LogP contribution < -0.4 is 5.32 Å². The summed E-state index contributed by atoms with van der Waals surface area (Å²) in [6.07, 6.45) is 4.64. The highest BCUT2D eigenvalue weighted by atomic mass is 79.9. The van der Waals surface area contributed by atoms with Gasteiger partial charge in [0.1, 0.15) is 0 Å². The Kier molecular flexibility index (Phi) is 4.49.